The first-order valence-corrected chi connectivity index (χ1v) is 16.5. The lowest BCUT2D eigenvalue weighted by molar-refractivity contribution is 0.0979. The zero-order chi connectivity index (χ0) is 31.2. The number of nitrogens with zero attached hydrogens (tertiary/aromatic N) is 2. The predicted octanol–water partition coefficient (Wildman–Crippen LogP) is 7.24. The Morgan fingerprint density at radius 3 is 2.11 bits per heavy atom. The number of ether oxygens (including phenoxy) is 1. The highest BCUT2D eigenvalue weighted by atomic mass is 35.5. The number of hydrogen-bond donors (Lipinski definition) is 1. The normalized spacial score (nSPS) is 13.8. The maximum absolute atomic E-state index is 13.3. The van der Waals surface area contributed by atoms with Gasteiger partial charge in [0, 0.05) is 49.5 Å². The van der Waals surface area contributed by atoms with E-state index in [2.05, 4.69) is 50.9 Å². The van der Waals surface area contributed by atoms with E-state index in [1.54, 1.807) is 36.4 Å². The van der Waals surface area contributed by atoms with Crippen LogP contribution in [0.2, 0.25) is 5.02 Å². The van der Waals surface area contributed by atoms with Crippen LogP contribution < -0.4 is 14.4 Å². The summed E-state index contributed by atoms with van der Waals surface area (Å²) in [4.78, 5) is 18.0. The second-order valence-corrected chi connectivity index (χ2v) is 12.9. The van der Waals surface area contributed by atoms with E-state index in [0.29, 0.717) is 5.75 Å². The summed E-state index contributed by atoms with van der Waals surface area (Å²) in [5.74, 6) is 0.0538. The molecule has 0 unspecified atom stereocenters. The SMILES string of the molecule is O=C(NS(=O)(=O)c1ccccc1)c1ccc(N2CCN(Cc3ccccc3-c3ccc(Cl)cc3)CC2)cc1Oc1ccccc1. The lowest BCUT2D eigenvalue weighted by Gasteiger charge is -2.36. The zero-order valence-corrected chi connectivity index (χ0v) is 26.0. The molecule has 1 N–H and O–H groups in total. The second-order valence-electron chi connectivity index (χ2n) is 10.8. The summed E-state index contributed by atoms with van der Waals surface area (Å²) in [6.07, 6.45) is 0. The quantitative estimate of drug-likeness (QED) is 0.184. The summed E-state index contributed by atoms with van der Waals surface area (Å²) in [5.41, 5.74) is 4.61. The molecule has 0 bridgehead atoms. The molecule has 6 rings (SSSR count). The minimum atomic E-state index is -4.06. The third kappa shape index (κ3) is 7.37. The van der Waals surface area contributed by atoms with E-state index in [-0.39, 0.29) is 16.2 Å². The fraction of sp³-hybridized carbons (Fsp3) is 0.139. The van der Waals surface area contributed by atoms with Gasteiger partial charge in [0.15, 0.2) is 0 Å². The number of anilines is 1. The smallest absolute Gasteiger partial charge is 0.268 e. The average molecular weight is 638 g/mol. The van der Waals surface area contributed by atoms with Crippen LogP contribution in [0.3, 0.4) is 0 Å². The topological polar surface area (TPSA) is 79.0 Å². The largest absolute Gasteiger partial charge is 0.456 e. The van der Waals surface area contributed by atoms with Gasteiger partial charge in [-0.25, -0.2) is 13.1 Å². The Bertz CT molecular complexity index is 1880. The van der Waals surface area contributed by atoms with Gasteiger partial charge in [-0.15, -0.1) is 0 Å². The summed E-state index contributed by atoms with van der Waals surface area (Å²) in [6.45, 7) is 4.08. The van der Waals surface area contributed by atoms with Gasteiger partial charge in [-0.3, -0.25) is 9.69 Å². The Kier molecular flexibility index (Phi) is 9.16. The molecule has 9 heteroatoms. The summed E-state index contributed by atoms with van der Waals surface area (Å²) >= 11 is 6.12. The van der Waals surface area contributed by atoms with Crippen molar-refractivity contribution in [3.63, 3.8) is 0 Å². The number of rotatable bonds is 9. The van der Waals surface area contributed by atoms with Crippen molar-refractivity contribution in [1.82, 2.24) is 9.62 Å². The molecular formula is C36H32ClN3O4S. The monoisotopic (exact) mass is 637 g/mol. The number of piperazine rings is 1. The number of hydrogen-bond acceptors (Lipinski definition) is 6. The Labute approximate surface area is 268 Å². The van der Waals surface area contributed by atoms with Gasteiger partial charge in [0.05, 0.1) is 10.5 Å². The molecule has 0 saturated carbocycles. The minimum absolute atomic E-state index is 0.00848. The fourth-order valence-corrected chi connectivity index (χ4v) is 6.52. The molecule has 1 saturated heterocycles. The van der Waals surface area contributed by atoms with Gasteiger partial charge in [-0.05, 0) is 65.2 Å². The first-order valence-electron chi connectivity index (χ1n) is 14.7. The molecule has 1 aliphatic heterocycles. The van der Waals surface area contributed by atoms with Crippen molar-refractivity contribution < 1.29 is 17.9 Å². The number of sulfonamides is 1. The molecule has 0 spiro atoms. The van der Waals surface area contributed by atoms with Gasteiger partial charge in [0.25, 0.3) is 15.9 Å². The molecule has 1 heterocycles. The number of benzene rings is 5. The van der Waals surface area contributed by atoms with Gasteiger partial charge < -0.3 is 9.64 Å². The molecule has 0 aliphatic carbocycles. The summed E-state index contributed by atoms with van der Waals surface area (Å²) in [7, 11) is -4.06. The van der Waals surface area contributed by atoms with Crippen LogP contribution in [-0.4, -0.2) is 45.4 Å². The van der Waals surface area contributed by atoms with Crippen LogP contribution in [-0.2, 0) is 16.6 Å². The van der Waals surface area contributed by atoms with Crippen LogP contribution in [0.5, 0.6) is 11.5 Å². The molecule has 5 aromatic carbocycles. The highest BCUT2D eigenvalue weighted by Gasteiger charge is 2.24. The average Bonchev–Trinajstić information content (AvgIpc) is 3.06. The molecule has 0 radical (unpaired) electrons. The summed E-state index contributed by atoms with van der Waals surface area (Å²) < 4.78 is 34.1. The fourth-order valence-electron chi connectivity index (χ4n) is 5.41. The predicted molar refractivity (Wildman–Crippen MR) is 178 cm³/mol. The van der Waals surface area contributed by atoms with Crippen molar-refractivity contribution in [1.29, 1.82) is 0 Å². The van der Waals surface area contributed by atoms with Crippen molar-refractivity contribution in [3.8, 4) is 22.6 Å². The maximum atomic E-state index is 13.3. The number of halogens is 1. The van der Waals surface area contributed by atoms with Gasteiger partial charge >= 0.3 is 0 Å². The van der Waals surface area contributed by atoms with Crippen LogP contribution in [0.1, 0.15) is 15.9 Å². The van der Waals surface area contributed by atoms with E-state index in [9.17, 15) is 13.2 Å². The molecule has 1 fully saturated rings. The van der Waals surface area contributed by atoms with Crippen molar-refractivity contribution in [2.45, 2.75) is 11.4 Å². The van der Waals surface area contributed by atoms with Crippen molar-refractivity contribution in [3.05, 3.63) is 144 Å². The molecule has 228 valence electrons. The zero-order valence-electron chi connectivity index (χ0n) is 24.5. The van der Waals surface area contributed by atoms with Crippen LogP contribution in [0.4, 0.5) is 5.69 Å². The number of amides is 1. The minimum Gasteiger partial charge on any atom is -0.456 e. The Morgan fingerprint density at radius 1 is 0.756 bits per heavy atom. The van der Waals surface area contributed by atoms with Crippen molar-refractivity contribution in [2.75, 3.05) is 31.1 Å². The van der Waals surface area contributed by atoms with E-state index in [1.807, 2.05) is 42.5 Å². The third-order valence-corrected chi connectivity index (χ3v) is 9.36. The van der Waals surface area contributed by atoms with E-state index in [4.69, 9.17) is 16.3 Å². The second kappa shape index (κ2) is 13.6. The van der Waals surface area contributed by atoms with Crippen LogP contribution >= 0.6 is 11.6 Å². The van der Waals surface area contributed by atoms with Gasteiger partial charge in [-0.1, -0.05) is 84.4 Å². The Balaban J connectivity index is 1.18. The number of carbonyl (C=O) groups is 1. The van der Waals surface area contributed by atoms with Crippen LogP contribution in [0, 0.1) is 0 Å². The van der Waals surface area contributed by atoms with Gasteiger partial charge in [0.1, 0.15) is 11.5 Å². The molecule has 45 heavy (non-hydrogen) atoms. The van der Waals surface area contributed by atoms with E-state index < -0.39 is 15.9 Å². The van der Waals surface area contributed by atoms with E-state index in [1.165, 1.54) is 23.3 Å². The number of nitrogens with one attached hydrogen (secondary N) is 1. The lowest BCUT2D eigenvalue weighted by Crippen LogP contribution is -2.46. The number of para-hydroxylation sites is 1. The molecule has 0 aromatic heterocycles. The molecular weight excluding hydrogens is 606 g/mol. The van der Waals surface area contributed by atoms with Gasteiger partial charge in [0.2, 0.25) is 0 Å². The van der Waals surface area contributed by atoms with Crippen LogP contribution in [0.15, 0.2) is 132 Å². The Morgan fingerprint density at radius 2 is 1.40 bits per heavy atom. The number of carbonyl (C=O) groups excluding carboxylic acids is 1. The molecule has 5 aromatic rings. The van der Waals surface area contributed by atoms with Crippen LogP contribution in [0.25, 0.3) is 11.1 Å². The highest BCUT2D eigenvalue weighted by molar-refractivity contribution is 7.90. The standard InChI is InChI=1S/C36H32ClN3O4S/c37-29-17-15-27(16-18-29)33-14-8-7-9-28(33)26-39-21-23-40(24-22-39)30-19-20-34(35(25-30)44-31-10-3-1-4-11-31)36(41)38-45(42,43)32-12-5-2-6-13-32/h1-20,25H,21-24,26H2,(H,38,41). The maximum Gasteiger partial charge on any atom is 0.268 e. The summed E-state index contributed by atoms with van der Waals surface area (Å²) in [5, 5.41) is 0.718. The third-order valence-electron chi connectivity index (χ3n) is 7.77. The highest BCUT2D eigenvalue weighted by Crippen LogP contribution is 2.32. The lowest BCUT2D eigenvalue weighted by atomic mass is 9.99. The Hall–Kier alpha value is -4.63. The molecule has 1 amide bonds. The summed E-state index contributed by atoms with van der Waals surface area (Å²) in [6, 6.07) is 38.6. The van der Waals surface area contributed by atoms with E-state index >= 15 is 0 Å². The van der Waals surface area contributed by atoms with Crippen molar-refractivity contribution in [2.24, 2.45) is 0 Å². The molecule has 0 atom stereocenters. The first-order chi connectivity index (χ1) is 21.9. The van der Waals surface area contributed by atoms with E-state index in [0.717, 1.165) is 49.0 Å². The first kappa shape index (κ1) is 30.4. The molecule has 7 nitrogen and oxygen atoms in total. The van der Waals surface area contributed by atoms with Gasteiger partial charge in [-0.2, -0.15) is 0 Å². The van der Waals surface area contributed by atoms with Crippen molar-refractivity contribution >= 4 is 33.2 Å². The molecule has 1 aliphatic rings.